The molecule has 1 fully saturated rings. The minimum atomic E-state index is -0.348. The second kappa shape index (κ2) is 6.68. The van der Waals surface area contributed by atoms with Crippen molar-refractivity contribution in [1.82, 2.24) is 10.2 Å². The van der Waals surface area contributed by atoms with E-state index in [-0.39, 0.29) is 17.8 Å². The van der Waals surface area contributed by atoms with E-state index < -0.39 is 0 Å². The molecular formula is C15H20BrFN2O. The van der Waals surface area contributed by atoms with Crippen LogP contribution in [0.3, 0.4) is 0 Å². The van der Waals surface area contributed by atoms with Crippen LogP contribution in [-0.2, 0) is 0 Å². The Labute approximate surface area is 127 Å². The van der Waals surface area contributed by atoms with Crippen molar-refractivity contribution < 1.29 is 9.18 Å². The van der Waals surface area contributed by atoms with Crippen LogP contribution in [0.5, 0.6) is 0 Å². The zero-order chi connectivity index (χ0) is 14.7. The van der Waals surface area contributed by atoms with Crippen LogP contribution in [0.4, 0.5) is 4.39 Å². The zero-order valence-electron chi connectivity index (χ0n) is 11.8. The van der Waals surface area contributed by atoms with Crippen LogP contribution in [0.2, 0.25) is 0 Å². The largest absolute Gasteiger partial charge is 0.349 e. The van der Waals surface area contributed by atoms with Crippen LogP contribution in [0.25, 0.3) is 0 Å². The molecule has 1 aromatic rings. The average molecular weight is 343 g/mol. The molecule has 20 heavy (non-hydrogen) atoms. The van der Waals surface area contributed by atoms with Gasteiger partial charge in [-0.3, -0.25) is 4.79 Å². The predicted molar refractivity (Wildman–Crippen MR) is 81.3 cm³/mol. The topological polar surface area (TPSA) is 32.3 Å². The van der Waals surface area contributed by atoms with Crippen LogP contribution < -0.4 is 5.32 Å². The Morgan fingerprint density at radius 1 is 1.40 bits per heavy atom. The van der Waals surface area contributed by atoms with Crippen molar-refractivity contribution in [2.24, 2.45) is 0 Å². The number of nitrogens with zero attached hydrogens (tertiary/aromatic N) is 1. The fourth-order valence-electron chi connectivity index (χ4n) is 2.50. The SMILES string of the molecule is CC(C)N1CCC(NC(=O)c2ccc(F)cc2Br)CC1. The number of amides is 1. The Balaban J connectivity index is 1.92. The summed E-state index contributed by atoms with van der Waals surface area (Å²) in [6, 6.07) is 4.89. The van der Waals surface area contributed by atoms with Gasteiger partial charge < -0.3 is 10.2 Å². The predicted octanol–water partition coefficient (Wildman–Crippen LogP) is 3.19. The molecule has 0 radical (unpaired) electrons. The summed E-state index contributed by atoms with van der Waals surface area (Å²) < 4.78 is 13.5. The lowest BCUT2D eigenvalue weighted by atomic mass is 10.0. The van der Waals surface area contributed by atoms with E-state index in [0.717, 1.165) is 25.9 Å². The van der Waals surface area contributed by atoms with E-state index in [2.05, 4.69) is 40.0 Å². The number of likely N-dealkylation sites (tertiary alicyclic amines) is 1. The normalized spacial score (nSPS) is 17.4. The summed E-state index contributed by atoms with van der Waals surface area (Å²) in [6.07, 6.45) is 1.92. The first-order valence-corrected chi connectivity index (χ1v) is 7.76. The molecule has 1 aliphatic heterocycles. The third kappa shape index (κ3) is 3.79. The highest BCUT2D eigenvalue weighted by Crippen LogP contribution is 2.19. The first-order chi connectivity index (χ1) is 9.47. The number of rotatable bonds is 3. The molecule has 1 saturated heterocycles. The van der Waals surface area contributed by atoms with Crippen LogP contribution in [0.1, 0.15) is 37.0 Å². The maximum atomic E-state index is 13.0. The van der Waals surface area contributed by atoms with Crippen LogP contribution in [0.15, 0.2) is 22.7 Å². The third-order valence-corrected chi connectivity index (χ3v) is 4.43. The lowest BCUT2D eigenvalue weighted by Gasteiger charge is -2.34. The molecular weight excluding hydrogens is 323 g/mol. The Hall–Kier alpha value is -0.940. The lowest BCUT2D eigenvalue weighted by Crippen LogP contribution is -2.46. The average Bonchev–Trinajstić information content (AvgIpc) is 2.39. The molecule has 1 amide bonds. The number of hydrogen-bond donors (Lipinski definition) is 1. The molecule has 3 nitrogen and oxygen atoms in total. The van der Waals surface area contributed by atoms with Gasteiger partial charge in [-0.25, -0.2) is 4.39 Å². The minimum Gasteiger partial charge on any atom is -0.349 e. The second-order valence-electron chi connectivity index (χ2n) is 5.50. The zero-order valence-corrected chi connectivity index (χ0v) is 13.4. The summed E-state index contributed by atoms with van der Waals surface area (Å²) in [7, 11) is 0. The van der Waals surface area contributed by atoms with Crippen molar-refractivity contribution in [3.8, 4) is 0 Å². The summed E-state index contributed by atoms with van der Waals surface area (Å²) in [4.78, 5) is 14.6. The molecule has 2 rings (SSSR count). The summed E-state index contributed by atoms with van der Waals surface area (Å²) in [5.41, 5.74) is 0.484. The molecule has 0 atom stereocenters. The summed E-state index contributed by atoms with van der Waals surface area (Å²) in [5, 5.41) is 3.04. The highest BCUT2D eigenvalue weighted by molar-refractivity contribution is 9.10. The lowest BCUT2D eigenvalue weighted by molar-refractivity contribution is 0.0900. The van der Waals surface area contributed by atoms with Gasteiger partial charge in [-0.1, -0.05) is 0 Å². The van der Waals surface area contributed by atoms with Crippen LogP contribution >= 0.6 is 15.9 Å². The number of nitrogens with one attached hydrogen (secondary N) is 1. The van der Waals surface area contributed by atoms with Gasteiger partial charge in [0.1, 0.15) is 5.82 Å². The maximum absolute atomic E-state index is 13.0. The molecule has 0 aromatic heterocycles. The smallest absolute Gasteiger partial charge is 0.252 e. The number of hydrogen-bond acceptors (Lipinski definition) is 2. The van der Waals surface area contributed by atoms with Gasteiger partial charge in [-0.15, -0.1) is 0 Å². The fraction of sp³-hybridized carbons (Fsp3) is 0.533. The first kappa shape index (κ1) is 15.4. The highest BCUT2D eigenvalue weighted by Gasteiger charge is 2.23. The van der Waals surface area contributed by atoms with Crippen LogP contribution in [0, 0.1) is 5.82 Å². The number of piperidine rings is 1. The van der Waals surface area contributed by atoms with Crippen molar-refractivity contribution in [1.29, 1.82) is 0 Å². The number of benzene rings is 1. The van der Waals surface area contributed by atoms with Gasteiger partial charge in [-0.2, -0.15) is 0 Å². The van der Waals surface area contributed by atoms with E-state index in [1.54, 1.807) is 0 Å². The Morgan fingerprint density at radius 2 is 2.05 bits per heavy atom. The van der Waals surface area contributed by atoms with E-state index in [4.69, 9.17) is 0 Å². The molecule has 1 heterocycles. The van der Waals surface area contributed by atoms with Gasteiger partial charge in [0.2, 0.25) is 0 Å². The molecule has 0 spiro atoms. The summed E-state index contributed by atoms with van der Waals surface area (Å²) in [5.74, 6) is -0.487. The van der Waals surface area contributed by atoms with Gasteiger partial charge in [0.15, 0.2) is 0 Å². The highest BCUT2D eigenvalue weighted by atomic mass is 79.9. The van der Waals surface area contributed by atoms with Crippen LogP contribution in [-0.4, -0.2) is 36.0 Å². The molecule has 0 unspecified atom stereocenters. The van der Waals surface area contributed by atoms with E-state index >= 15 is 0 Å². The number of carbonyl (C=O) groups is 1. The molecule has 0 saturated carbocycles. The van der Waals surface area contributed by atoms with Crippen molar-refractivity contribution in [2.45, 2.75) is 38.8 Å². The Bertz CT molecular complexity index is 485. The fourth-order valence-corrected chi connectivity index (χ4v) is 3.03. The Morgan fingerprint density at radius 3 is 2.60 bits per heavy atom. The number of carbonyl (C=O) groups excluding carboxylic acids is 1. The molecule has 1 aromatic carbocycles. The van der Waals surface area contributed by atoms with Gasteiger partial charge in [0.25, 0.3) is 5.91 Å². The van der Waals surface area contributed by atoms with Gasteiger partial charge in [-0.05, 0) is 60.8 Å². The maximum Gasteiger partial charge on any atom is 0.252 e. The molecule has 1 N–H and O–H groups in total. The quantitative estimate of drug-likeness (QED) is 0.914. The van der Waals surface area contributed by atoms with E-state index in [0.29, 0.717) is 16.1 Å². The van der Waals surface area contributed by atoms with Gasteiger partial charge in [0.05, 0.1) is 5.56 Å². The van der Waals surface area contributed by atoms with Crippen molar-refractivity contribution in [3.05, 3.63) is 34.1 Å². The third-order valence-electron chi connectivity index (χ3n) is 3.77. The van der Waals surface area contributed by atoms with E-state index in [1.807, 2.05) is 0 Å². The van der Waals surface area contributed by atoms with Crippen molar-refractivity contribution in [3.63, 3.8) is 0 Å². The molecule has 0 aliphatic carbocycles. The molecule has 110 valence electrons. The summed E-state index contributed by atoms with van der Waals surface area (Å²) in [6.45, 7) is 6.39. The standard InChI is InChI=1S/C15H20BrFN2O/c1-10(2)19-7-5-12(6-8-19)18-15(20)13-4-3-11(17)9-14(13)16/h3-4,9-10,12H,5-8H2,1-2H3,(H,18,20). The van der Waals surface area contributed by atoms with Crippen molar-refractivity contribution >= 4 is 21.8 Å². The first-order valence-electron chi connectivity index (χ1n) is 6.97. The second-order valence-corrected chi connectivity index (χ2v) is 6.36. The monoisotopic (exact) mass is 342 g/mol. The van der Waals surface area contributed by atoms with Gasteiger partial charge >= 0.3 is 0 Å². The molecule has 1 aliphatic rings. The Kier molecular flexibility index (Phi) is 5.16. The minimum absolute atomic E-state index is 0.139. The molecule has 5 heteroatoms. The van der Waals surface area contributed by atoms with E-state index in [1.165, 1.54) is 18.2 Å². The van der Waals surface area contributed by atoms with Gasteiger partial charge in [0, 0.05) is 29.6 Å². The number of halogens is 2. The molecule has 0 bridgehead atoms. The summed E-state index contributed by atoms with van der Waals surface area (Å²) >= 11 is 3.23. The van der Waals surface area contributed by atoms with Crippen molar-refractivity contribution in [2.75, 3.05) is 13.1 Å². The van der Waals surface area contributed by atoms with E-state index in [9.17, 15) is 9.18 Å².